The number of carbonyl (C=O) groups excluding carboxylic acids is 1. The largest absolute Gasteiger partial charge is 0.497 e. The Balaban J connectivity index is 1.26. The van der Waals surface area contributed by atoms with E-state index in [4.69, 9.17) is 9.47 Å². The van der Waals surface area contributed by atoms with Crippen molar-refractivity contribution in [1.82, 2.24) is 9.88 Å². The normalized spacial score (nSPS) is 17.1. The second-order valence-electron chi connectivity index (χ2n) is 8.29. The number of rotatable bonds is 8. The summed E-state index contributed by atoms with van der Waals surface area (Å²) in [4.78, 5) is 18.8. The molecule has 0 N–H and O–H groups in total. The van der Waals surface area contributed by atoms with Crippen molar-refractivity contribution in [3.8, 4) is 11.6 Å². The van der Waals surface area contributed by atoms with E-state index in [1.807, 2.05) is 29.2 Å². The number of nitrogens with zero attached hydrogens (tertiary/aromatic N) is 3. The van der Waals surface area contributed by atoms with Gasteiger partial charge >= 0.3 is 0 Å². The summed E-state index contributed by atoms with van der Waals surface area (Å²) in [5, 5.41) is -0.263. The zero-order valence-electron chi connectivity index (χ0n) is 18.4. The van der Waals surface area contributed by atoms with Crippen LogP contribution in [0.25, 0.3) is 0 Å². The van der Waals surface area contributed by atoms with Gasteiger partial charge < -0.3 is 14.4 Å². The Hall–Kier alpha value is -2.81. The predicted octanol–water partition coefficient (Wildman–Crippen LogP) is 2.63. The number of carbonyl (C=O) groups is 1. The Bertz CT molecular complexity index is 1030. The van der Waals surface area contributed by atoms with Crippen LogP contribution in [0, 0.1) is 0 Å². The molecule has 1 saturated heterocycles. The van der Waals surface area contributed by atoms with Gasteiger partial charge in [0.05, 0.1) is 30.7 Å². The van der Waals surface area contributed by atoms with Gasteiger partial charge in [-0.3, -0.25) is 9.10 Å². The van der Waals surface area contributed by atoms with Crippen LogP contribution in [-0.2, 0) is 21.2 Å². The number of likely N-dealkylation sites (tertiary alicyclic amines) is 1. The fraction of sp³-hybridized carbons (Fsp3) is 0.478. The van der Waals surface area contributed by atoms with Crippen molar-refractivity contribution in [2.24, 2.45) is 0 Å². The quantitative estimate of drug-likeness (QED) is 0.603. The van der Waals surface area contributed by atoms with Crippen LogP contribution in [0.3, 0.4) is 0 Å². The van der Waals surface area contributed by atoms with E-state index in [0.717, 1.165) is 37.0 Å². The molecule has 172 valence electrons. The average molecular weight is 460 g/mol. The first-order valence-corrected chi connectivity index (χ1v) is 12.4. The van der Waals surface area contributed by atoms with E-state index in [2.05, 4.69) is 4.98 Å². The lowest BCUT2D eigenvalue weighted by atomic mass is 10.1. The summed E-state index contributed by atoms with van der Waals surface area (Å²) >= 11 is 0. The highest BCUT2D eigenvalue weighted by Crippen LogP contribution is 2.33. The lowest BCUT2D eigenvalue weighted by molar-refractivity contribution is -0.132. The number of benzene rings is 1. The molecule has 2 aliphatic rings. The van der Waals surface area contributed by atoms with E-state index < -0.39 is 10.0 Å². The first-order valence-electron chi connectivity index (χ1n) is 10.9. The number of pyridine rings is 1. The Kier molecular flexibility index (Phi) is 6.55. The number of hydrogen-bond acceptors (Lipinski definition) is 6. The zero-order valence-corrected chi connectivity index (χ0v) is 19.3. The van der Waals surface area contributed by atoms with Crippen LogP contribution in [0.4, 0.5) is 5.69 Å². The summed E-state index contributed by atoms with van der Waals surface area (Å²) in [5.41, 5.74) is 1.50. The molecular formula is C23H29N3O5S. The second kappa shape index (κ2) is 9.36. The number of piperidine rings is 1. The number of aromatic nitrogens is 1. The minimum atomic E-state index is -3.29. The molecule has 0 bridgehead atoms. The van der Waals surface area contributed by atoms with Gasteiger partial charge in [0.2, 0.25) is 21.8 Å². The smallest absolute Gasteiger partial charge is 0.237 e. The molecule has 8 nitrogen and oxygen atoms in total. The molecule has 32 heavy (non-hydrogen) atoms. The number of anilines is 1. The number of methoxy groups -OCH3 is 1. The molecule has 0 radical (unpaired) electrons. The molecule has 1 aromatic heterocycles. The van der Waals surface area contributed by atoms with Crippen LogP contribution in [0.2, 0.25) is 0 Å². The predicted molar refractivity (Wildman–Crippen MR) is 122 cm³/mol. The summed E-state index contributed by atoms with van der Waals surface area (Å²) in [7, 11) is -0.112. The molecule has 1 amide bonds. The number of hydrogen-bond donors (Lipinski definition) is 0. The molecule has 0 unspecified atom stereocenters. The summed E-state index contributed by atoms with van der Waals surface area (Å²) in [6, 6.07) is 11.0. The topological polar surface area (TPSA) is 89.0 Å². The third-order valence-electron chi connectivity index (χ3n) is 6.01. The molecule has 9 heteroatoms. The summed E-state index contributed by atoms with van der Waals surface area (Å²) in [6.07, 6.45) is 4.79. The third kappa shape index (κ3) is 5.15. The molecule has 1 saturated carbocycles. The zero-order chi connectivity index (χ0) is 22.7. The molecule has 2 heterocycles. The first-order chi connectivity index (χ1) is 15.4. The molecule has 4 rings (SSSR count). The standard InChI is InChI=1S/C23H29N3O5S/c1-25(32(28,29)21-8-9-21)18-5-10-22(24-16-18)31-20-11-13-26(14-12-20)23(27)15-17-3-6-19(30-2)7-4-17/h3-7,10,16,20-21H,8-9,11-15H2,1-2H3. The highest BCUT2D eigenvalue weighted by molar-refractivity contribution is 7.93. The highest BCUT2D eigenvalue weighted by Gasteiger charge is 2.39. The van der Waals surface area contributed by atoms with Crippen LogP contribution in [-0.4, -0.2) is 62.8 Å². The lowest BCUT2D eigenvalue weighted by Gasteiger charge is -2.32. The van der Waals surface area contributed by atoms with E-state index in [0.29, 0.717) is 31.1 Å². The van der Waals surface area contributed by atoms with E-state index in [1.54, 1.807) is 26.3 Å². The first kappa shape index (κ1) is 22.4. The molecule has 1 aliphatic heterocycles. The minimum Gasteiger partial charge on any atom is -0.497 e. The molecule has 2 aromatic rings. The van der Waals surface area contributed by atoms with Crippen LogP contribution in [0.15, 0.2) is 42.6 Å². The Morgan fingerprint density at radius 2 is 1.78 bits per heavy atom. The molecule has 1 aromatic carbocycles. The number of sulfonamides is 1. The van der Waals surface area contributed by atoms with Gasteiger partial charge in [0, 0.05) is 39.0 Å². The second-order valence-corrected chi connectivity index (χ2v) is 10.5. The summed E-state index contributed by atoms with van der Waals surface area (Å²) in [6.45, 7) is 1.28. The third-order valence-corrected chi connectivity index (χ3v) is 8.30. The van der Waals surface area contributed by atoms with Gasteiger partial charge in [0.25, 0.3) is 0 Å². The summed E-state index contributed by atoms with van der Waals surface area (Å²) < 4.78 is 37.1. The Morgan fingerprint density at radius 3 is 2.34 bits per heavy atom. The highest BCUT2D eigenvalue weighted by atomic mass is 32.2. The van der Waals surface area contributed by atoms with Gasteiger partial charge in [-0.15, -0.1) is 0 Å². The monoisotopic (exact) mass is 459 g/mol. The van der Waals surface area contributed by atoms with Crippen LogP contribution in [0.5, 0.6) is 11.6 Å². The van der Waals surface area contributed by atoms with E-state index in [9.17, 15) is 13.2 Å². The van der Waals surface area contributed by atoms with Gasteiger partial charge in [0.1, 0.15) is 11.9 Å². The van der Waals surface area contributed by atoms with Gasteiger partial charge in [-0.2, -0.15) is 0 Å². The minimum absolute atomic E-state index is 0.0219. The van der Waals surface area contributed by atoms with Gasteiger partial charge in [-0.25, -0.2) is 13.4 Å². The maximum atomic E-state index is 12.6. The maximum Gasteiger partial charge on any atom is 0.237 e. The molecular weight excluding hydrogens is 430 g/mol. The van der Waals surface area contributed by atoms with Crippen LogP contribution >= 0.6 is 0 Å². The van der Waals surface area contributed by atoms with Crippen molar-refractivity contribution >= 4 is 21.6 Å². The van der Waals surface area contributed by atoms with Crippen molar-refractivity contribution in [2.75, 3.05) is 31.6 Å². The number of ether oxygens (including phenoxy) is 2. The van der Waals surface area contributed by atoms with Crippen LogP contribution < -0.4 is 13.8 Å². The molecule has 0 atom stereocenters. The van der Waals surface area contributed by atoms with Gasteiger partial charge in [-0.1, -0.05) is 12.1 Å². The van der Waals surface area contributed by atoms with Crippen molar-refractivity contribution in [1.29, 1.82) is 0 Å². The van der Waals surface area contributed by atoms with Crippen molar-refractivity contribution in [3.63, 3.8) is 0 Å². The van der Waals surface area contributed by atoms with E-state index in [-0.39, 0.29) is 17.3 Å². The number of amides is 1. The van der Waals surface area contributed by atoms with Gasteiger partial charge in [-0.05, 0) is 36.6 Å². The lowest BCUT2D eigenvalue weighted by Crippen LogP contribution is -2.42. The fourth-order valence-corrected chi connectivity index (χ4v) is 5.37. The van der Waals surface area contributed by atoms with Crippen molar-refractivity contribution in [2.45, 2.75) is 43.5 Å². The molecule has 1 aliphatic carbocycles. The maximum absolute atomic E-state index is 12.6. The Morgan fingerprint density at radius 1 is 1.09 bits per heavy atom. The van der Waals surface area contributed by atoms with E-state index >= 15 is 0 Å². The molecule has 2 fully saturated rings. The Labute approximate surface area is 189 Å². The van der Waals surface area contributed by atoms with E-state index in [1.165, 1.54) is 10.5 Å². The SMILES string of the molecule is COc1ccc(CC(=O)N2CCC(Oc3ccc(N(C)S(=O)(=O)C4CC4)cn3)CC2)cc1. The fourth-order valence-electron chi connectivity index (χ4n) is 3.79. The van der Waals surface area contributed by atoms with Crippen molar-refractivity contribution < 1.29 is 22.7 Å². The molecule has 0 spiro atoms. The van der Waals surface area contributed by atoms with Crippen LogP contribution in [0.1, 0.15) is 31.2 Å². The average Bonchev–Trinajstić information content (AvgIpc) is 3.66. The van der Waals surface area contributed by atoms with Gasteiger partial charge in [0.15, 0.2) is 0 Å². The summed E-state index contributed by atoms with van der Waals surface area (Å²) in [5.74, 6) is 1.35. The van der Waals surface area contributed by atoms with Crippen molar-refractivity contribution in [3.05, 3.63) is 48.2 Å².